The van der Waals surface area contributed by atoms with E-state index in [1.807, 2.05) is 36.4 Å². The molecule has 0 aromatic heterocycles. The fourth-order valence-electron chi connectivity index (χ4n) is 3.90. The van der Waals surface area contributed by atoms with Crippen molar-refractivity contribution in [3.05, 3.63) is 59.7 Å². The summed E-state index contributed by atoms with van der Waals surface area (Å²) >= 11 is 0. The van der Waals surface area contributed by atoms with Crippen LogP contribution in [0, 0.1) is 5.92 Å². The summed E-state index contributed by atoms with van der Waals surface area (Å²) in [6, 6.07) is 15.4. The number of carbonyl (C=O) groups excluding carboxylic acids is 2. The van der Waals surface area contributed by atoms with E-state index in [1.165, 1.54) is 0 Å². The Morgan fingerprint density at radius 3 is 2.16 bits per heavy atom. The van der Waals surface area contributed by atoms with Gasteiger partial charge in [0.05, 0.1) is 0 Å². The first-order chi connectivity index (χ1) is 14.9. The molecule has 3 N–H and O–H groups in total. The van der Waals surface area contributed by atoms with Crippen LogP contribution in [0.2, 0.25) is 0 Å². The van der Waals surface area contributed by atoms with Crippen molar-refractivity contribution in [2.75, 3.05) is 13.2 Å². The standard InChI is InChI=1S/C24H28N2O5/c1-3-21(23(29)25-13-15(2)12-22(27)28)26-24(30)31-14-20-18-10-6-4-8-16(18)17-9-5-7-11-19(17)20/h4-11,15,20-21H,3,12-14H2,1-2H3,(H,25,29)(H,26,30)(H,27,28)/t15?,21-/m1/s1. The fraction of sp³-hybridized carbons (Fsp3) is 0.375. The van der Waals surface area contributed by atoms with Gasteiger partial charge in [0.25, 0.3) is 0 Å². The maximum atomic E-state index is 12.4. The second-order valence-corrected chi connectivity index (χ2v) is 7.88. The third kappa shape index (κ3) is 5.42. The Bertz CT molecular complexity index is 913. The Morgan fingerprint density at radius 1 is 1.03 bits per heavy atom. The Labute approximate surface area is 181 Å². The van der Waals surface area contributed by atoms with Gasteiger partial charge in [-0.3, -0.25) is 9.59 Å². The third-order valence-corrected chi connectivity index (χ3v) is 5.51. The summed E-state index contributed by atoms with van der Waals surface area (Å²) in [7, 11) is 0. The van der Waals surface area contributed by atoms with E-state index >= 15 is 0 Å². The second-order valence-electron chi connectivity index (χ2n) is 7.88. The lowest BCUT2D eigenvalue weighted by molar-refractivity contribution is -0.138. The molecule has 0 radical (unpaired) electrons. The quantitative estimate of drug-likeness (QED) is 0.571. The predicted octanol–water partition coefficient (Wildman–Crippen LogP) is 3.53. The Balaban J connectivity index is 1.56. The third-order valence-electron chi connectivity index (χ3n) is 5.51. The van der Waals surface area contributed by atoms with Crippen LogP contribution < -0.4 is 10.6 Å². The number of carboxylic acid groups (broad SMARTS) is 1. The molecule has 2 atom stereocenters. The van der Waals surface area contributed by atoms with Crippen molar-refractivity contribution in [1.29, 1.82) is 0 Å². The van der Waals surface area contributed by atoms with Crippen LogP contribution >= 0.6 is 0 Å². The molecule has 31 heavy (non-hydrogen) atoms. The van der Waals surface area contributed by atoms with Crippen molar-refractivity contribution in [2.24, 2.45) is 5.92 Å². The summed E-state index contributed by atoms with van der Waals surface area (Å²) in [5, 5.41) is 14.1. The number of hydrogen-bond donors (Lipinski definition) is 3. The zero-order valence-corrected chi connectivity index (χ0v) is 17.8. The number of carboxylic acids is 1. The highest BCUT2D eigenvalue weighted by Crippen LogP contribution is 2.44. The first-order valence-electron chi connectivity index (χ1n) is 10.5. The summed E-state index contributed by atoms with van der Waals surface area (Å²) in [5.74, 6) is -1.52. The first kappa shape index (κ1) is 22.3. The summed E-state index contributed by atoms with van der Waals surface area (Å²) in [4.78, 5) is 35.5. The molecule has 1 aliphatic carbocycles. The molecule has 164 valence electrons. The molecule has 7 nitrogen and oxygen atoms in total. The largest absolute Gasteiger partial charge is 0.481 e. The van der Waals surface area contributed by atoms with Crippen LogP contribution in [0.4, 0.5) is 4.79 Å². The zero-order valence-electron chi connectivity index (χ0n) is 17.8. The lowest BCUT2D eigenvalue weighted by Gasteiger charge is -2.19. The monoisotopic (exact) mass is 424 g/mol. The molecule has 0 heterocycles. The van der Waals surface area contributed by atoms with Crippen LogP contribution in [0.25, 0.3) is 11.1 Å². The molecule has 1 unspecified atom stereocenters. The van der Waals surface area contributed by atoms with Gasteiger partial charge >= 0.3 is 12.1 Å². The molecule has 0 saturated heterocycles. The molecule has 2 aromatic carbocycles. The van der Waals surface area contributed by atoms with E-state index in [0.29, 0.717) is 6.42 Å². The zero-order chi connectivity index (χ0) is 22.4. The molecule has 2 aromatic rings. The van der Waals surface area contributed by atoms with Gasteiger partial charge in [-0.1, -0.05) is 62.4 Å². The lowest BCUT2D eigenvalue weighted by Crippen LogP contribution is -2.47. The number of nitrogens with one attached hydrogen (secondary N) is 2. The van der Waals surface area contributed by atoms with Gasteiger partial charge in [-0.15, -0.1) is 0 Å². The molecule has 0 saturated carbocycles. The summed E-state index contributed by atoms with van der Waals surface area (Å²) < 4.78 is 5.49. The predicted molar refractivity (Wildman–Crippen MR) is 117 cm³/mol. The summed E-state index contributed by atoms with van der Waals surface area (Å²) in [6.45, 7) is 3.94. The summed E-state index contributed by atoms with van der Waals surface area (Å²) in [5.41, 5.74) is 4.53. The van der Waals surface area contributed by atoms with Gasteiger partial charge in [0.1, 0.15) is 12.6 Å². The van der Waals surface area contributed by atoms with Crippen LogP contribution in [0.15, 0.2) is 48.5 Å². The minimum Gasteiger partial charge on any atom is -0.481 e. The van der Waals surface area contributed by atoms with E-state index in [4.69, 9.17) is 9.84 Å². The van der Waals surface area contributed by atoms with Crippen LogP contribution in [-0.2, 0) is 14.3 Å². The number of carbonyl (C=O) groups is 3. The van der Waals surface area contributed by atoms with E-state index in [1.54, 1.807) is 13.8 Å². The molecule has 1 aliphatic rings. The molecule has 7 heteroatoms. The van der Waals surface area contributed by atoms with Crippen LogP contribution in [0.3, 0.4) is 0 Å². The highest BCUT2D eigenvalue weighted by atomic mass is 16.5. The topological polar surface area (TPSA) is 105 Å². The van der Waals surface area contributed by atoms with Gasteiger partial charge in [-0.25, -0.2) is 4.79 Å². The molecule has 0 spiro atoms. The van der Waals surface area contributed by atoms with Crippen molar-refractivity contribution in [3.8, 4) is 11.1 Å². The Kier molecular flexibility index (Phi) is 7.28. The van der Waals surface area contributed by atoms with Crippen LogP contribution in [0.5, 0.6) is 0 Å². The second kappa shape index (κ2) is 10.1. The minimum atomic E-state index is -0.912. The van der Waals surface area contributed by atoms with E-state index in [9.17, 15) is 14.4 Å². The number of alkyl carbamates (subject to hydrolysis) is 1. The maximum Gasteiger partial charge on any atom is 0.407 e. The molecule has 0 fully saturated rings. The highest BCUT2D eigenvalue weighted by molar-refractivity contribution is 5.85. The Hall–Kier alpha value is -3.35. The number of benzene rings is 2. The Morgan fingerprint density at radius 2 is 1.61 bits per heavy atom. The average Bonchev–Trinajstić information content (AvgIpc) is 3.07. The van der Waals surface area contributed by atoms with Gasteiger partial charge in [-0.2, -0.15) is 0 Å². The number of hydrogen-bond acceptors (Lipinski definition) is 4. The molecule has 0 aliphatic heterocycles. The van der Waals surface area contributed by atoms with Gasteiger partial charge in [0.15, 0.2) is 0 Å². The van der Waals surface area contributed by atoms with Gasteiger partial charge in [0, 0.05) is 18.9 Å². The van der Waals surface area contributed by atoms with E-state index in [0.717, 1.165) is 22.3 Å². The van der Waals surface area contributed by atoms with Crippen molar-refractivity contribution in [1.82, 2.24) is 10.6 Å². The molecule has 3 rings (SSSR count). The average molecular weight is 424 g/mol. The van der Waals surface area contributed by atoms with Crippen molar-refractivity contribution >= 4 is 18.0 Å². The summed E-state index contributed by atoms with van der Waals surface area (Å²) in [6.07, 6.45) is -0.289. The molecule has 2 amide bonds. The van der Waals surface area contributed by atoms with Gasteiger partial charge < -0.3 is 20.5 Å². The molecular formula is C24H28N2O5. The maximum absolute atomic E-state index is 12.4. The fourth-order valence-corrected chi connectivity index (χ4v) is 3.90. The highest BCUT2D eigenvalue weighted by Gasteiger charge is 2.29. The van der Waals surface area contributed by atoms with Gasteiger partial charge in [-0.05, 0) is 34.6 Å². The van der Waals surface area contributed by atoms with Gasteiger partial charge in [0.2, 0.25) is 5.91 Å². The van der Waals surface area contributed by atoms with Crippen molar-refractivity contribution in [3.63, 3.8) is 0 Å². The van der Waals surface area contributed by atoms with E-state index in [2.05, 4.69) is 22.8 Å². The number of fused-ring (bicyclic) bond motifs is 3. The SMILES string of the molecule is CC[C@@H](NC(=O)OCC1c2ccccc2-c2ccccc21)C(=O)NCC(C)CC(=O)O. The number of amides is 2. The number of rotatable bonds is 9. The van der Waals surface area contributed by atoms with Crippen LogP contribution in [0.1, 0.15) is 43.7 Å². The van der Waals surface area contributed by atoms with E-state index in [-0.39, 0.29) is 37.3 Å². The first-order valence-corrected chi connectivity index (χ1v) is 10.5. The number of aliphatic carboxylic acids is 1. The molecule has 0 bridgehead atoms. The van der Waals surface area contributed by atoms with Crippen LogP contribution in [-0.4, -0.2) is 42.3 Å². The lowest BCUT2D eigenvalue weighted by atomic mass is 9.98. The molecular weight excluding hydrogens is 396 g/mol. The minimum absolute atomic E-state index is 0.0309. The smallest absolute Gasteiger partial charge is 0.407 e. The van der Waals surface area contributed by atoms with Crippen molar-refractivity contribution in [2.45, 2.75) is 38.6 Å². The number of ether oxygens (including phenoxy) is 1. The van der Waals surface area contributed by atoms with Crippen molar-refractivity contribution < 1.29 is 24.2 Å². The normalized spacial score (nSPS) is 14.1. The van der Waals surface area contributed by atoms with E-state index < -0.39 is 18.1 Å².